The van der Waals surface area contributed by atoms with Crippen molar-refractivity contribution in [1.82, 2.24) is 68.7 Å². The summed E-state index contributed by atoms with van der Waals surface area (Å²) in [5.41, 5.74) is 6.67. The van der Waals surface area contributed by atoms with Gasteiger partial charge < -0.3 is 100.0 Å². The zero-order valence-electron chi connectivity index (χ0n) is 63.3. The lowest BCUT2D eigenvalue weighted by molar-refractivity contribution is -0.144. The van der Waals surface area contributed by atoms with Crippen LogP contribution in [0.3, 0.4) is 0 Å². The first-order valence-corrected chi connectivity index (χ1v) is 40.8. The molecule has 7 rings (SSSR count). The van der Waals surface area contributed by atoms with Crippen LogP contribution in [0.15, 0.2) is 24.3 Å². The van der Waals surface area contributed by atoms with Crippen molar-refractivity contribution in [2.75, 3.05) is 31.1 Å². The molecule has 4 aliphatic heterocycles. The van der Waals surface area contributed by atoms with E-state index in [-0.39, 0.29) is 87.1 Å². The third-order valence-electron chi connectivity index (χ3n) is 21.5. The maximum atomic E-state index is 15.1. The van der Waals surface area contributed by atoms with Crippen LogP contribution in [0.2, 0.25) is 0 Å². The fourth-order valence-electron chi connectivity index (χ4n) is 15.2. The molecular weight excluding hydrogens is 1440 g/mol. The van der Waals surface area contributed by atoms with Gasteiger partial charge in [0.1, 0.15) is 66.5 Å². The van der Waals surface area contributed by atoms with Crippen molar-refractivity contribution in [3.8, 4) is 0 Å². The summed E-state index contributed by atoms with van der Waals surface area (Å²) >= 11 is 2.74. The second kappa shape index (κ2) is 42.3. The van der Waals surface area contributed by atoms with Gasteiger partial charge in [0, 0.05) is 42.4 Å². The van der Waals surface area contributed by atoms with Gasteiger partial charge in [-0.05, 0) is 183 Å². The molecule has 0 aromatic heterocycles. The fraction of sp³-hybridized carbons (Fsp3) is 0.743. The predicted octanol–water partition coefficient (Wildman–Crippen LogP) is -0.809. The number of fused-ring (bicyclic) bond motifs is 4. The van der Waals surface area contributed by atoms with Gasteiger partial charge in [0.05, 0.1) is 30.6 Å². The first-order valence-electron chi connectivity index (χ1n) is 38.5. The molecule has 6 aliphatic rings. The molecule has 2 bridgehead atoms. The Morgan fingerprint density at radius 2 is 1.12 bits per heavy atom. The monoisotopic (exact) mass is 1550 g/mol. The molecule has 3 saturated heterocycles. The van der Waals surface area contributed by atoms with E-state index in [9.17, 15) is 78.3 Å². The quantitative estimate of drug-likeness (QED) is 0.108. The van der Waals surface area contributed by atoms with Crippen LogP contribution in [0.4, 0.5) is 0 Å². The maximum absolute atomic E-state index is 15.1. The number of carboxylic acid groups (broad SMARTS) is 1. The third-order valence-corrected chi connectivity index (χ3v) is 23.6. The number of benzene rings is 1. The first kappa shape index (κ1) is 88.0. The molecule has 1 aromatic carbocycles. The summed E-state index contributed by atoms with van der Waals surface area (Å²) in [6, 6.07) is -8.08. The number of carboxylic acids is 1. The molecule has 19 N–H and O–H groups in total. The number of nitrogens with two attached hydrogens (primary N) is 1. The number of rotatable bonds is 14. The summed E-state index contributed by atoms with van der Waals surface area (Å²) in [7, 11) is 0. The number of piperidine rings is 1. The smallest absolute Gasteiger partial charge is 0.303 e. The van der Waals surface area contributed by atoms with Crippen LogP contribution >= 0.6 is 23.5 Å². The molecule has 1 aromatic rings. The molecule has 604 valence electrons. The standard InChI is InChI=1S/C74H118N14O18S2/c1-8-12-50-65(98)80-51(25-26-58(94)95)66(99)81-52(32-42-17-21-47(91)22-18-42)67(100)78-39(2)64(97)86-59(40(3)89)71(104)84-55(62(75)96)38-108-37-45-14-9-13-44(31-45)36-107-30-27-57(93)85-61(74(5,6)7)72(105)83-54(33-43-19-23-48(92)24-20-43)73(106)88-29-11-16-56(88)69(102)87-60(41(4)90)70(103)82-53(68(101)79-50)34-46-35-77-63-49(46)15-10-28-76-63/h9,13-14,31,39-43,46-56,59-61,63,76-77,89-92H,8,10-12,15-30,32-38H2,1-7H3,(H2,75,96)(H,78,100)(H,79,101)(H,80,98)(H,81,99)(H,82,103)(H,83,105)(H,84,104)(H,85,93)(H,86,97)(H,87,102)(H,94,95)/t39-,40+,41+,42?,43?,46?,47?,48?,49?,50-,51-,52-,53-,54-,55-,56-,59-,60-,61+,63?/m0/s1. The zero-order chi connectivity index (χ0) is 79.1. The van der Waals surface area contributed by atoms with E-state index in [4.69, 9.17) is 5.73 Å². The summed E-state index contributed by atoms with van der Waals surface area (Å²) in [6.45, 7) is 12.1. The molecule has 2 aliphatic carbocycles. The van der Waals surface area contributed by atoms with E-state index in [1.165, 1.54) is 49.2 Å². The Labute approximate surface area is 640 Å². The Morgan fingerprint density at radius 3 is 1.70 bits per heavy atom. The minimum atomic E-state index is -1.72. The van der Waals surface area contributed by atoms with E-state index >= 15 is 9.59 Å². The highest BCUT2D eigenvalue weighted by Crippen LogP contribution is 2.34. The molecule has 12 amide bonds. The Balaban J connectivity index is 1.19. The number of hydrogen-bond donors (Lipinski definition) is 18. The van der Waals surface area contributed by atoms with Gasteiger partial charge in [-0.3, -0.25) is 62.3 Å². The lowest BCUT2D eigenvalue weighted by Crippen LogP contribution is -2.62. The maximum Gasteiger partial charge on any atom is 0.303 e. The number of nitrogens with one attached hydrogen (secondary N) is 12. The van der Waals surface area contributed by atoms with E-state index in [1.807, 2.05) is 24.3 Å². The third kappa shape index (κ3) is 26.8. The molecule has 0 radical (unpaired) electrons. The summed E-state index contributed by atoms with van der Waals surface area (Å²) in [5, 5.41) is 86.7. The molecule has 5 fully saturated rings. The minimum Gasteiger partial charge on any atom is -0.481 e. The predicted molar refractivity (Wildman–Crippen MR) is 403 cm³/mol. The molecular formula is C74H118N14O18S2. The molecule has 32 nitrogen and oxygen atoms in total. The van der Waals surface area contributed by atoms with Crippen molar-refractivity contribution in [2.24, 2.45) is 34.8 Å². The van der Waals surface area contributed by atoms with Crippen LogP contribution < -0.4 is 69.5 Å². The van der Waals surface area contributed by atoms with Crippen LogP contribution in [0.1, 0.15) is 188 Å². The van der Waals surface area contributed by atoms with Crippen LogP contribution in [0, 0.1) is 29.1 Å². The Hall–Kier alpha value is -7.21. The first-order chi connectivity index (χ1) is 51.2. The van der Waals surface area contributed by atoms with E-state index in [0.717, 1.165) is 30.5 Å². The molecule has 16 atom stereocenters. The van der Waals surface area contributed by atoms with Gasteiger partial charge in [-0.2, -0.15) is 23.5 Å². The van der Waals surface area contributed by atoms with E-state index in [2.05, 4.69) is 63.8 Å². The van der Waals surface area contributed by atoms with Gasteiger partial charge in [0.2, 0.25) is 70.9 Å². The second-order valence-electron chi connectivity index (χ2n) is 31.3. The van der Waals surface area contributed by atoms with Crippen molar-refractivity contribution in [1.29, 1.82) is 0 Å². The normalized spacial score (nSPS) is 32.6. The van der Waals surface area contributed by atoms with Crippen LogP contribution in [-0.4, -0.2) is 235 Å². The molecule has 0 spiro atoms. The van der Waals surface area contributed by atoms with Crippen molar-refractivity contribution in [3.05, 3.63) is 35.4 Å². The molecule has 3 unspecified atom stereocenters. The fourth-order valence-corrected chi connectivity index (χ4v) is 17.1. The average molecular weight is 1560 g/mol. The number of aliphatic hydroxyl groups is 4. The summed E-state index contributed by atoms with van der Waals surface area (Å²) in [6.07, 6.45) is 0.509. The summed E-state index contributed by atoms with van der Waals surface area (Å²) < 4.78 is 0. The van der Waals surface area contributed by atoms with Crippen LogP contribution in [-0.2, 0) is 73.8 Å². The Morgan fingerprint density at radius 1 is 0.593 bits per heavy atom. The molecule has 108 heavy (non-hydrogen) atoms. The summed E-state index contributed by atoms with van der Waals surface area (Å²) in [5.74, 6) is -10.8. The number of primary amides is 1. The van der Waals surface area contributed by atoms with Crippen molar-refractivity contribution >= 4 is 100 Å². The van der Waals surface area contributed by atoms with Crippen molar-refractivity contribution in [2.45, 2.75) is 285 Å². The number of aliphatic hydroxyl groups excluding tert-OH is 4. The zero-order valence-corrected chi connectivity index (χ0v) is 65.0. The highest BCUT2D eigenvalue weighted by Gasteiger charge is 2.46. The molecule has 2 saturated carbocycles. The van der Waals surface area contributed by atoms with Crippen molar-refractivity contribution < 1.29 is 87.9 Å². The lowest BCUT2D eigenvalue weighted by atomic mass is 9.82. The highest BCUT2D eigenvalue weighted by atomic mass is 32.2. The number of hydrogen-bond acceptors (Lipinski definition) is 21. The number of aliphatic carboxylic acids is 1. The molecule has 34 heteroatoms. The largest absolute Gasteiger partial charge is 0.481 e. The number of carbonyl (C=O) groups excluding carboxylic acids is 12. The molecule has 4 heterocycles. The highest BCUT2D eigenvalue weighted by molar-refractivity contribution is 7.98. The van der Waals surface area contributed by atoms with Crippen LogP contribution in [0.5, 0.6) is 0 Å². The number of amides is 12. The number of thioether (sulfide) groups is 2. The Kier molecular flexibility index (Phi) is 34.4. The average Bonchev–Trinajstić information content (AvgIpc) is 1.43. The SMILES string of the molecule is CCC[C@@H]1NC(=O)[C@H](CC2CNC3NCCCC23)NC(=O)[C@H]([C@@H](C)O)NC(=O)[C@@H]2CCCN2C(=O)[C@H](CC2CCC(O)CC2)NC(=O)[C@H](C(C)(C)C)NC(=O)CCSCc2cccc(c2)CSC[C@@H](C(N)=O)NC(=O)[C@H]([C@@H](C)O)NC(=O)[C@H](C)NC(=O)[C@H](CC2CCC(O)CC2)NC(=O)[C@H](CCC(=O)O)NC1=O. The second-order valence-corrected chi connectivity index (χ2v) is 33.5. The van der Waals surface area contributed by atoms with Gasteiger partial charge in [0.15, 0.2) is 0 Å². The van der Waals surface area contributed by atoms with Gasteiger partial charge >= 0.3 is 5.97 Å². The van der Waals surface area contributed by atoms with E-state index < -0.39 is 186 Å². The van der Waals surface area contributed by atoms with Gasteiger partial charge in [-0.25, -0.2) is 0 Å². The van der Waals surface area contributed by atoms with Crippen LogP contribution in [0.25, 0.3) is 0 Å². The van der Waals surface area contributed by atoms with E-state index in [0.29, 0.717) is 81.6 Å². The van der Waals surface area contributed by atoms with Gasteiger partial charge in [0.25, 0.3) is 0 Å². The number of nitrogens with zero attached hydrogens (tertiary/aromatic N) is 1. The Bertz CT molecular complexity index is 3280. The van der Waals surface area contributed by atoms with Gasteiger partial charge in [-0.1, -0.05) is 58.4 Å². The van der Waals surface area contributed by atoms with Crippen molar-refractivity contribution in [3.63, 3.8) is 0 Å². The lowest BCUT2D eigenvalue weighted by Gasteiger charge is -2.35. The number of carbonyl (C=O) groups is 13. The summed E-state index contributed by atoms with van der Waals surface area (Å²) in [4.78, 5) is 186. The topological polar surface area (TPSA) is 497 Å². The van der Waals surface area contributed by atoms with E-state index in [1.54, 1.807) is 27.7 Å². The van der Waals surface area contributed by atoms with Gasteiger partial charge in [-0.15, -0.1) is 0 Å². The minimum absolute atomic E-state index is 0.00101.